The number of hydrogen-bond donors (Lipinski definition) is 1. The van der Waals surface area contributed by atoms with E-state index in [4.69, 9.17) is 0 Å². The van der Waals surface area contributed by atoms with Crippen molar-refractivity contribution >= 4 is 16.7 Å². The molecule has 0 spiro atoms. The summed E-state index contributed by atoms with van der Waals surface area (Å²) in [5.41, 5.74) is 3.39. The SMILES string of the molecule is O=C(CCc1cccc2ccccc12)NC(c1ccccc1)c1ccccc1. The topological polar surface area (TPSA) is 29.1 Å². The lowest BCUT2D eigenvalue weighted by Gasteiger charge is -2.20. The Morgan fingerprint density at radius 3 is 1.93 bits per heavy atom. The second-order valence-electron chi connectivity index (χ2n) is 6.96. The molecule has 0 bridgehead atoms. The summed E-state index contributed by atoms with van der Waals surface area (Å²) in [6.07, 6.45) is 1.19. The Bertz CT molecular complexity index is 1010. The third-order valence-electron chi connectivity index (χ3n) is 5.07. The van der Waals surface area contributed by atoms with Gasteiger partial charge in [0.1, 0.15) is 0 Å². The first kappa shape index (κ1) is 18.0. The molecule has 0 saturated heterocycles. The van der Waals surface area contributed by atoms with Gasteiger partial charge in [-0.1, -0.05) is 103 Å². The van der Waals surface area contributed by atoms with Gasteiger partial charge in [-0.2, -0.15) is 0 Å². The molecule has 0 aliphatic heterocycles. The van der Waals surface area contributed by atoms with Crippen molar-refractivity contribution in [3.8, 4) is 0 Å². The van der Waals surface area contributed by atoms with E-state index in [1.165, 1.54) is 16.3 Å². The average molecular weight is 365 g/mol. The Hall–Kier alpha value is -3.39. The van der Waals surface area contributed by atoms with Gasteiger partial charge in [-0.15, -0.1) is 0 Å². The smallest absolute Gasteiger partial charge is 0.221 e. The minimum Gasteiger partial charge on any atom is -0.345 e. The molecule has 1 amide bonds. The van der Waals surface area contributed by atoms with Crippen LogP contribution in [0.25, 0.3) is 10.8 Å². The molecule has 4 aromatic carbocycles. The maximum atomic E-state index is 12.8. The van der Waals surface area contributed by atoms with Gasteiger partial charge in [-0.05, 0) is 33.9 Å². The van der Waals surface area contributed by atoms with Crippen LogP contribution in [0.3, 0.4) is 0 Å². The van der Waals surface area contributed by atoms with Crippen LogP contribution in [-0.4, -0.2) is 5.91 Å². The number of rotatable bonds is 6. The lowest BCUT2D eigenvalue weighted by atomic mass is 9.98. The highest BCUT2D eigenvalue weighted by Gasteiger charge is 2.16. The molecule has 0 unspecified atom stereocenters. The van der Waals surface area contributed by atoms with E-state index in [0.717, 1.165) is 17.5 Å². The van der Waals surface area contributed by atoms with Gasteiger partial charge in [0, 0.05) is 6.42 Å². The van der Waals surface area contributed by atoms with E-state index in [0.29, 0.717) is 6.42 Å². The average Bonchev–Trinajstić information content (AvgIpc) is 2.77. The molecule has 0 fully saturated rings. The minimum absolute atomic E-state index is 0.0608. The summed E-state index contributed by atoms with van der Waals surface area (Å²) in [5, 5.41) is 5.67. The summed E-state index contributed by atoms with van der Waals surface area (Å²) in [6.45, 7) is 0. The summed E-state index contributed by atoms with van der Waals surface area (Å²) >= 11 is 0. The van der Waals surface area contributed by atoms with Gasteiger partial charge in [0.15, 0.2) is 0 Å². The van der Waals surface area contributed by atoms with Crippen molar-refractivity contribution < 1.29 is 4.79 Å². The highest BCUT2D eigenvalue weighted by molar-refractivity contribution is 5.86. The lowest BCUT2D eigenvalue weighted by Crippen LogP contribution is -2.29. The molecule has 2 nitrogen and oxygen atoms in total. The maximum absolute atomic E-state index is 12.8. The second kappa shape index (κ2) is 8.53. The normalized spacial score (nSPS) is 10.9. The lowest BCUT2D eigenvalue weighted by molar-refractivity contribution is -0.121. The third-order valence-corrected chi connectivity index (χ3v) is 5.07. The van der Waals surface area contributed by atoms with Crippen molar-refractivity contribution in [2.75, 3.05) is 0 Å². The quantitative estimate of drug-likeness (QED) is 0.468. The van der Waals surface area contributed by atoms with Gasteiger partial charge in [0.25, 0.3) is 0 Å². The first-order valence-corrected chi connectivity index (χ1v) is 9.67. The zero-order chi connectivity index (χ0) is 19.2. The van der Waals surface area contributed by atoms with Crippen LogP contribution < -0.4 is 5.32 Å². The van der Waals surface area contributed by atoms with E-state index in [9.17, 15) is 4.79 Å². The van der Waals surface area contributed by atoms with Crippen LogP contribution in [0.15, 0.2) is 103 Å². The van der Waals surface area contributed by atoms with Crippen molar-refractivity contribution in [3.63, 3.8) is 0 Å². The van der Waals surface area contributed by atoms with Gasteiger partial charge in [-0.25, -0.2) is 0 Å². The van der Waals surface area contributed by atoms with Gasteiger partial charge in [0.05, 0.1) is 6.04 Å². The van der Waals surface area contributed by atoms with Crippen molar-refractivity contribution in [1.82, 2.24) is 5.32 Å². The Morgan fingerprint density at radius 1 is 0.679 bits per heavy atom. The van der Waals surface area contributed by atoms with E-state index >= 15 is 0 Å². The van der Waals surface area contributed by atoms with Crippen LogP contribution in [-0.2, 0) is 11.2 Å². The van der Waals surface area contributed by atoms with Gasteiger partial charge >= 0.3 is 0 Å². The van der Waals surface area contributed by atoms with Gasteiger partial charge < -0.3 is 5.32 Å². The first-order valence-electron chi connectivity index (χ1n) is 9.67. The van der Waals surface area contributed by atoms with Crippen molar-refractivity contribution in [2.24, 2.45) is 0 Å². The largest absolute Gasteiger partial charge is 0.345 e. The van der Waals surface area contributed by atoms with Gasteiger partial charge in [0.2, 0.25) is 5.91 Å². The molecule has 0 aliphatic carbocycles. The number of hydrogen-bond acceptors (Lipinski definition) is 1. The number of fused-ring (bicyclic) bond motifs is 1. The number of benzene rings is 4. The van der Waals surface area contributed by atoms with Crippen LogP contribution in [0.1, 0.15) is 29.2 Å². The molecule has 28 heavy (non-hydrogen) atoms. The molecule has 4 rings (SSSR count). The number of aryl methyl sites for hydroxylation is 1. The Kier molecular flexibility index (Phi) is 5.48. The molecule has 138 valence electrons. The molecule has 2 heteroatoms. The van der Waals surface area contributed by atoms with E-state index in [1.807, 2.05) is 48.5 Å². The van der Waals surface area contributed by atoms with E-state index in [-0.39, 0.29) is 11.9 Å². The summed E-state index contributed by atoms with van der Waals surface area (Å²) in [6, 6.07) is 34.7. The summed E-state index contributed by atoms with van der Waals surface area (Å²) in [7, 11) is 0. The zero-order valence-electron chi connectivity index (χ0n) is 15.7. The summed E-state index contributed by atoms with van der Waals surface area (Å²) < 4.78 is 0. The monoisotopic (exact) mass is 365 g/mol. The molecular formula is C26H23NO. The van der Waals surface area contributed by atoms with Crippen LogP contribution >= 0.6 is 0 Å². The van der Waals surface area contributed by atoms with E-state index in [2.05, 4.69) is 59.9 Å². The maximum Gasteiger partial charge on any atom is 0.221 e. The number of carbonyl (C=O) groups excluding carboxylic acids is 1. The predicted octanol–water partition coefficient (Wildman–Crippen LogP) is 5.68. The highest BCUT2D eigenvalue weighted by Crippen LogP contribution is 2.23. The Labute approximate surface area is 165 Å². The van der Waals surface area contributed by atoms with Crippen molar-refractivity contribution in [3.05, 3.63) is 120 Å². The molecule has 0 heterocycles. The highest BCUT2D eigenvalue weighted by atomic mass is 16.1. The Balaban J connectivity index is 1.50. The van der Waals surface area contributed by atoms with E-state index < -0.39 is 0 Å². The van der Waals surface area contributed by atoms with E-state index in [1.54, 1.807) is 0 Å². The van der Waals surface area contributed by atoms with Crippen molar-refractivity contribution in [2.45, 2.75) is 18.9 Å². The minimum atomic E-state index is -0.137. The summed E-state index contributed by atoms with van der Waals surface area (Å²) in [4.78, 5) is 12.8. The fourth-order valence-corrected chi connectivity index (χ4v) is 3.64. The molecule has 1 N–H and O–H groups in total. The summed E-state index contributed by atoms with van der Waals surface area (Å²) in [5.74, 6) is 0.0608. The molecule has 0 radical (unpaired) electrons. The molecule has 4 aromatic rings. The molecule has 0 saturated carbocycles. The fraction of sp³-hybridized carbons (Fsp3) is 0.115. The standard InChI is InChI=1S/C26H23NO/c28-25(19-18-21-16-9-15-20-10-7-8-17-24(20)21)27-26(22-11-3-1-4-12-22)23-13-5-2-6-14-23/h1-17,26H,18-19H2,(H,27,28). The van der Waals surface area contributed by atoms with Gasteiger partial charge in [-0.3, -0.25) is 4.79 Å². The van der Waals surface area contributed by atoms with Crippen LogP contribution in [0, 0.1) is 0 Å². The van der Waals surface area contributed by atoms with Crippen molar-refractivity contribution in [1.29, 1.82) is 0 Å². The molecular weight excluding hydrogens is 342 g/mol. The molecule has 0 atom stereocenters. The second-order valence-corrected chi connectivity index (χ2v) is 6.96. The first-order chi connectivity index (χ1) is 13.8. The molecule has 0 aromatic heterocycles. The van der Waals surface area contributed by atoms with Crippen LogP contribution in [0.5, 0.6) is 0 Å². The van der Waals surface area contributed by atoms with Crippen LogP contribution in [0.2, 0.25) is 0 Å². The number of carbonyl (C=O) groups is 1. The fourth-order valence-electron chi connectivity index (χ4n) is 3.64. The number of nitrogens with one attached hydrogen (secondary N) is 1. The number of amides is 1. The predicted molar refractivity (Wildman–Crippen MR) is 115 cm³/mol. The zero-order valence-corrected chi connectivity index (χ0v) is 15.7. The van der Waals surface area contributed by atoms with Crippen LogP contribution in [0.4, 0.5) is 0 Å². The Morgan fingerprint density at radius 2 is 1.25 bits per heavy atom. The third kappa shape index (κ3) is 4.12. The molecule has 0 aliphatic rings.